The van der Waals surface area contributed by atoms with E-state index in [1.54, 1.807) is 115 Å². The van der Waals surface area contributed by atoms with Crippen LogP contribution in [0.2, 0.25) is 0 Å². The molecule has 0 bridgehead atoms. The molecule has 0 aliphatic rings. The number of hydrogen-bond donors (Lipinski definition) is 3. The average molecular weight is 724 g/mol. The van der Waals surface area contributed by atoms with Crippen LogP contribution in [0.5, 0.6) is 5.75 Å². The largest absolute Gasteiger partial charge is 0.497 e. The molecule has 5 rings (SSSR count). The Kier molecular flexibility index (Phi) is 12.4. The minimum absolute atomic E-state index is 0.0381. The minimum atomic E-state index is -4.53. The van der Waals surface area contributed by atoms with Gasteiger partial charge < -0.3 is 20.1 Å². The van der Waals surface area contributed by atoms with Crippen LogP contribution in [0.1, 0.15) is 16.7 Å². The van der Waals surface area contributed by atoms with Crippen LogP contribution in [-0.4, -0.2) is 52.3 Å². The fourth-order valence-corrected chi connectivity index (χ4v) is 5.25. The number of benzene rings is 4. The Balaban J connectivity index is 1.41. The van der Waals surface area contributed by atoms with Gasteiger partial charge in [-0.05, 0) is 28.8 Å². The number of anilines is 1. The fraction of sp³-hybridized carbons (Fsp3) is 0.179. The van der Waals surface area contributed by atoms with Crippen LogP contribution in [0.3, 0.4) is 0 Å². The zero-order valence-electron chi connectivity index (χ0n) is 28.5. The molecule has 14 heteroatoms. The molecule has 272 valence electrons. The Morgan fingerprint density at radius 2 is 1.45 bits per heavy atom. The van der Waals surface area contributed by atoms with Gasteiger partial charge in [0.05, 0.1) is 19.3 Å². The van der Waals surface area contributed by atoms with E-state index in [0.717, 1.165) is 10.8 Å². The molecular weight excluding hydrogens is 688 g/mol. The molecule has 0 saturated heterocycles. The van der Waals surface area contributed by atoms with Gasteiger partial charge in [-0.15, -0.1) is 0 Å². The molecule has 0 aliphatic heterocycles. The van der Waals surface area contributed by atoms with Crippen LogP contribution in [0, 0.1) is 0 Å². The number of hydrogen-bond acceptors (Lipinski definition) is 8. The molecule has 5 aromatic rings. The predicted molar refractivity (Wildman–Crippen MR) is 191 cm³/mol. The van der Waals surface area contributed by atoms with Gasteiger partial charge in [0.15, 0.2) is 0 Å². The maximum atomic E-state index is 15.5. The molecule has 3 amide bonds. The van der Waals surface area contributed by atoms with Crippen molar-refractivity contribution in [2.45, 2.75) is 38.1 Å². The molecule has 1 aromatic heterocycles. The van der Waals surface area contributed by atoms with Crippen LogP contribution in [0.15, 0.2) is 126 Å². The summed E-state index contributed by atoms with van der Waals surface area (Å²) in [7, 11) is 1.43. The van der Waals surface area contributed by atoms with E-state index >= 15 is 8.78 Å². The number of alkyl halides is 2. The summed E-state index contributed by atoms with van der Waals surface area (Å²) in [4.78, 5) is 70.5. The third-order valence-corrected chi connectivity index (χ3v) is 7.95. The first-order valence-corrected chi connectivity index (χ1v) is 16.3. The third-order valence-electron chi connectivity index (χ3n) is 7.95. The van der Waals surface area contributed by atoms with Crippen LogP contribution in [-0.2, 0) is 45.2 Å². The van der Waals surface area contributed by atoms with Gasteiger partial charge in [0.1, 0.15) is 30.4 Å². The Morgan fingerprint density at radius 1 is 0.830 bits per heavy atom. The van der Waals surface area contributed by atoms with E-state index in [2.05, 4.69) is 20.9 Å². The van der Waals surface area contributed by atoms with Crippen molar-refractivity contribution in [1.82, 2.24) is 20.2 Å². The number of aromatic nitrogens is 2. The van der Waals surface area contributed by atoms with Crippen LogP contribution in [0.4, 0.5) is 19.3 Å². The number of amides is 3. The molecule has 1 atom stereocenters. The summed E-state index contributed by atoms with van der Waals surface area (Å²) in [6, 6.07) is 29.7. The molecule has 53 heavy (non-hydrogen) atoms. The number of nitrogens with one attached hydrogen (secondary N) is 3. The number of carbonyl (C=O) groups excluding carboxylic acids is 4. The lowest BCUT2D eigenvalue weighted by Gasteiger charge is -2.23. The summed E-state index contributed by atoms with van der Waals surface area (Å²) in [5.41, 5.74) is 0.753. The second kappa shape index (κ2) is 17.5. The van der Waals surface area contributed by atoms with Crippen molar-refractivity contribution < 1.29 is 37.4 Å². The zero-order valence-corrected chi connectivity index (χ0v) is 28.5. The summed E-state index contributed by atoms with van der Waals surface area (Å²) in [6.45, 7) is -1.17. The summed E-state index contributed by atoms with van der Waals surface area (Å²) in [6.07, 6.45) is -0.275. The van der Waals surface area contributed by atoms with E-state index in [1.165, 1.54) is 7.11 Å². The molecule has 1 heterocycles. The Hall–Kier alpha value is -6.70. The second-order valence-corrected chi connectivity index (χ2v) is 11.7. The lowest BCUT2D eigenvalue weighted by Crippen LogP contribution is -2.55. The molecule has 1 unspecified atom stereocenters. The SMILES string of the molecule is COc1cccc(-c2ncc(NC(=O)OCc3ccccc3)c(=O)n2CC(=O)NC(Cc2ccccc2)C(=O)C(F)(F)C(=O)NCc2ccccc2)c1. The van der Waals surface area contributed by atoms with Crippen molar-refractivity contribution >= 4 is 29.4 Å². The summed E-state index contributed by atoms with van der Waals surface area (Å²) >= 11 is 0. The minimum Gasteiger partial charge on any atom is -0.497 e. The van der Waals surface area contributed by atoms with E-state index in [-0.39, 0.29) is 24.7 Å². The molecule has 0 radical (unpaired) electrons. The lowest BCUT2D eigenvalue weighted by molar-refractivity contribution is -0.160. The molecule has 0 fully saturated rings. The number of nitrogens with zero attached hydrogens (tertiary/aromatic N) is 2. The highest BCUT2D eigenvalue weighted by Crippen LogP contribution is 2.23. The summed E-state index contributed by atoms with van der Waals surface area (Å²) in [5, 5.41) is 6.72. The van der Waals surface area contributed by atoms with Gasteiger partial charge in [0.25, 0.3) is 11.5 Å². The van der Waals surface area contributed by atoms with Gasteiger partial charge in [0.2, 0.25) is 11.7 Å². The molecule has 12 nitrogen and oxygen atoms in total. The highest BCUT2D eigenvalue weighted by Gasteiger charge is 2.50. The summed E-state index contributed by atoms with van der Waals surface area (Å²) in [5.74, 6) is -8.89. The number of rotatable bonds is 15. The van der Waals surface area contributed by atoms with E-state index in [4.69, 9.17) is 9.47 Å². The van der Waals surface area contributed by atoms with Crippen molar-refractivity contribution in [2.75, 3.05) is 12.4 Å². The molecule has 4 aromatic carbocycles. The number of Topliss-reactive ketones (excluding diaryl/α,β-unsaturated/α-hetero) is 1. The first kappa shape index (κ1) is 37.6. The topological polar surface area (TPSA) is 158 Å². The predicted octanol–water partition coefficient (Wildman–Crippen LogP) is 4.92. The van der Waals surface area contributed by atoms with Crippen LogP contribution in [0.25, 0.3) is 11.4 Å². The first-order valence-electron chi connectivity index (χ1n) is 16.3. The van der Waals surface area contributed by atoms with Crippen molar-refractivity contribution in [3.63, 3.8) is 0 Å². The van der Waals surface area contributed by atoms with Crippen LogP contribution < -0.4 is 26.2 Å². The molecule has 0 aliphatic carbocycles. The van der Waals surface area contributed by atoms with Gasteiger partial charge in [-0.2, -0.15) is 8.78 Å². The van der Waals surface area contributed by atoms with Gasteiger partial charge in [-0.25, -0.2) is 9.78 Å². The fourth-order valence-electron chi connectivity index (χ4n) is 5.25. The monoisotopic (exact) mass is 723 g/mol. The van der Waals surface area contributed by atoms with Gasteiger partial charge in [0, 0.05) is 18.5 Å². The first-order chi connectivity index (χ1) is 25.5. The summed E-state index contributed by atoms with van der Waals surface area (Å²) < 4.78 is 42.4. The van der Waals surface area contributed by atoms with E-state index < -0.39 is 54.2 Å². The van der Waals surface area contributed by atoms with Gasteiger partial charge >= 0.3 is 12.0 Å². The molecule has 0 spiro atoms. The average Bonchev–Trinajstić information content (AvgIpc) is 3.18. The quantitative estimate of drug-likeness (QED) is 0.129. The van der Waals surface area contributed by atoms with Gasteiger partial charge in [-0.1, -0.05) is 103 Å². The lowest BCUT2D eigenvalue weighted by atomic mass is 9.98. The molecule has 3 N–H and O–H groups in total. The zero-order chi connectivity index (χ0) is 37.8. The molecule has 0 saturated carbocycles. The van der Waals surface area contributed by atoms with E-state index in [9.17, 15) is 24.0 Å². The second-order valence-electron chi connectivity index (χ2n) is 11.7. The Labute approximate surface area is 302 Å². The van der Waals surface area contributed by atoms with Crippen molar-refractivity contribution in [3.8, 4) is 17.1 Å². The van der Waals surface area contributed by atoms with E-state index in [1.807, 2.05) is 0 Å². The highest BCUT2D eigenvalue weighted by atomic mass is 19.3. The number of halogens is 2. The van der Waals surface area contributed by atoms with Crippen LogP contribution >= 0.6 is 0 Å². The normalized spacial score (nSPS) is 11.5. The number of methoxy groups -OCH3 is 1. The Morgan fingerprint density at radius 3 is 2.09 bits per heavy atom. The standard InChI is InChI=1S/C39H35F2N5O7/c1-52-30-19-11-18-29(21-30)35-42-23-32(45-38(51)53-25-28-16-9-4-10-17-28)36(49)46(35)24-33(47)44-31(20-26-12-5-2-6-13-26)34(48)39(40,41)37(50)43-22-27-14-7-3-8-15-27/h2-19,21,23,31H,20,22,24-25H2,1H3,(H,43,50)(H,44,47)(H,45,51). The van der Waals surface area contributed by atoms with Gasteiger partial charge in [-0.3, -0.25) is 29.1 Å². The number of carbonyl (C=O) groups is 4. The van der Waals surface area contributed by atoms with Crippen molar-refractivity contribution in [2.24, 2.45) is 0 Å². The smallest absolute Gasteiger partial charge is 0.412 e. The maximum Gasteiger partial charge on any atom is 0.412 e. The Bertz CT molecular complexity index is 2110. The van der Waals surface area contributed by atoms with E-state index in [0.29, 0.717) is 28.0 Å². The maximum absolute atomic E-state index is 15.5. The number of ketones is 1. The highest BCUT2D eigenvalue weighted by molar-refractivity contribution is 6.10. The van der Waals surface area contributed by atoms with Crippen molar-refractivity contribution in [3.05, 3.63) is 149 Å². The number of ether oxygens (including phenoxy) is 2. The molecular formula is C39H35F2N5O7. The third kappa shape index (κ3) is 9.97. The van der Waals surface area contributed by atoms with Crippen molar-refractivity contribution in [1.29, 1.82) is 0 Å².